The van der Waals surface area contributed by atoms with Gasteiger partial charge in [0.1, 0.15) is 5.69 Å². The first-order valence-electron chi connectivity index (χ1n) is 3.63. The summed E-state index contributed by atoms with van der Waals surface area (Å²) in [5.41, 5.74) is 1.47. The zero-order chi connectivity index (χ0) is 8.97. The van der Waals surface area contributed by atoms with Gasteiger partial charge in [-0.1, -0.05) is 5.92 Å². The van der Waals surface area contributed by atoms with E-state index in [1.807, 2.05) is 13.0 Å². The molecule has 1 heterocycles. The number of aromatic nitrogens is 1. The second-order valence-corrected chi connectivity index (χ2v) is 2.52. The number of pyridine rings is 1. The fraction of sp³-hybridized carbons (Fsp3) is 0.200. The van der Waals surface area contributed by atoms with Crippen LogP contribution in [0, 0.1) is 19.3 Å². The van der Waals surface area contributed by atoms with E-state index in [1.54, 1.807) is 12.3 Å². The predicted octanol–water partition coefficient (Wildman–Crippen LogP) is 1.60. The van der Waals surface area contributed by atoms with Gasteiger partial charge in [-0.05, 0) is 24.6 Å². The lowest BCUT2D eigenvalue weighted by atomic mass is 10.1. The molecule has 0 aliphatic rings. The minimum atomic E-state index is -0.0961. The van der Waals surface area contributed by atoms with Crippen LogP contribution in [0.4, 0.5) is 0 Å². The molecule has 0 aliphatic heterocycles. The summed E-state index contributed by atoms with van der Waals surface area (Å²) in [7, 11) is 0. The number of carbonyl (C=O) groups excluding carboxylic acids is 1. The molecule has 0 unspecified atom stereocenters. The maximum absolute atomic E-state index is 11.2. The summed E-state index contributed by atoms with van der Waals surface area (Å²) in [6.45, 7) is 1.91. The van der Waals surface area contributed by atoms with E-state index < -0.39 is 0 Å². The van der Waals surface area contributed by atoms with E-state index in [0.29, 0.717) is 5.69 Å². The van der Waals surface area contributed by atoms with Gasteiger partial charge in [0.2, 0.25) is 0 Å². The van der Waals surface area contributed by atoms with Crippen molar-refractivity contribution in [1.82, 2.24) is 4.98 Å². The SMILES string of the molecule is C#CCC(=O)c1cc(C)ccn1. The molecule has 1 rings (SSSR count). The monoisotopic (exact) mass is 159 g/mol. The summed E-state index contributed by atoms with van der Waals surface area (Å²) in [5, 5.41) is 0. The van der Waals surface area contributed by atoms with Crippen molar-refractivity contribution >= 4 is 5.78 Å². The molecule has 0 aliphatic carbocycles. The molecule has 2 heteroatoms. The molecule has 1 aromatic heterocycles. The normalized spacial score (nSPS) is 9.00. The van der Waals surface area contributed by atoms with Crippen molar-refractivity contribution in [3.05, 3.63) is 29.6 Å². The van der Waals surface area contributed by atoms with Crippen molar-refractivity contribution in [2.75, 3.05) is 0 Å². The molecule has 0 saturated heterocycles. The van der Waals surface area contributed by atoms with Crippen LogP contribution in [0.3, 0.4) is 0 Å². The van der Waals surface area contributed by atoms with E-state index in [9.17, 15) is 4.79 Å². The molecular weight excluding hydrogens is 150 g/mol. The minimum absolute atomic E-state index is 0.0961. The van der Waals surface area contributed by atoms with Crippen LogP contribution in [0.1, 0.15) is 22.5 Å². The number of aryl methyl sites for hydroxylation is 1. The molecule has 0 amide bonds. The van der Waals surface area contributed by atoms with Gasteiger partial charge in [0.05, 0.1) is 6.42 Å². The van der Waals surface area contributed by atoms with Crippen molar-refractivity contribution in [1.29, 1.82) is 0 Å². The fourth-order valence-electron chi connectivity index (χ4n) is 0.872. The van der Waals surface area contributed by atoms with Gasteiger partial charge < -0.3 is 0 Å². The average molecular weight is 159 g/mol. The number of rotatable bonds is 2. The number of terminal acetylenes is 1. The van der Waals surface area contributed by atoms with Gasteiger partial charge in [-0.25, -0.2) is 0 Å². The van der Waals surface area contributed by atoms with Crippen molar-refractivity contribution in [3.8, 4) is 12.3 Å². The highest BCUT2D eigenvalue weighted by Crippen LogP contribution is 2.02. The van der Waals surface area contributed by atoms with Gasteiger partial charge >= 0.3 is 0 Å². The summed E-state index contributed by atoms with van der Waals surface area (Å²) in [6, 6.07) is 3.58. The van der Waals surface area contributed by atoms with Crippen LogP contribution in [-0.4, -0.2) is 10.8 Å². The summed E-state index contributed by atoms with van der Waals surface area (Å²) < 4.78 is 0. The maximum Gasteiger partial charge on any atom is 0.193 e. The standard InChI is InChI=1S/C10H9NO/c1-3-4-10(12)9-7-8(2)5-6-11-9/h1,5-7H,4H2,2H3. The smallest absolute Gasteiger partial charge is 0.193 e. The third kappa shape index (κ3) is 1.93. The molecule has 60 valence electrons. The van der Waals surface area contributed by atoms with Crippen molar-refractivity contribution in [2.24, 2.45) is 0 Å². The lowest BCUT2D eigenvalue weighted by Gasteiger charge is -1.96. The Kier molecular flexibility index (Phi) is 2.60. The number of nitrogens with zero attached hydrogens (tertiary/aromatic N) is 1. The van der Waals surface area contributed by atoms with Gasteiger partial charge in [0.15, 0.2) is 5.78 Å². The second-order valence-electron chi connectivity index (χ2n) is 2.52. The Morgan fingerprint density at radius 3 is 3.08 bits per heavy atom. The van der Waals surface area contributed by atoms with Gasteiger partial charge in [-0.2, -0.15) is 0 Å². The van der Waals surface area contributed by atoms with Crippen LogP contribution >= 0.6 is 0 Å². The number of hydrogen-bond donors (Lipinski definition) is 0. The summed E-state index contributed by atoms with van der Waals surface area (Å²) in [6.07, 6.45) is 6.74. The molecule has 2 nitrogen and oxygen atoms in total. The quantitative estimate of drug-likeness (QED) is 0.484. The van der Waals surface area contributed by atoms with Gasteiger partial charge in [0, 0.05) is 6.20 Å². The van der Waals surface area contributed by atoms with Crippen LogP contribution in [0.5, 0.6) is 0 Å². The molecule has 1 aromatic rings. The Bertz CT molecular complexity index is 336. The molecule has 0 spiro atoms. The zero-order valence-corrected chi connectivity index (χ0v) is 6.87. The van der Waals surface area contributed by atoms with E-state index in [0.717, 1.165) is 5.56 Å². The highest BCUT2D eigenvalue weighted by molar-refractivity contribution is 5.95. The van der Waals surface area contributed by atoms with Gasteiger partial charge in [0.25, 0.3) is 0 Å². The molecule has 0 bridgehead atoms. The van der Waals surface area contributed by atoms with Crippen molar-refractivity contribution in [3.63, 3.8) is 0 Å². The van der Waals surface area contributed by atoms with E-state index in [1.165, 1.54) is 0 Å². The number of carbonyl (C=O) groups is 1. The lowest BCUT2D eigenvalue weighted by Crippen LogP contribution is -2.00. The van der Waals surface area contributed by atoms with E-state index >= 15 is 0 Å². The first-order chi connectivity index (χ1) is 5.74. The third-order valence-corrected chi connectivity index (χ3v) is 1.46. The Hall–Kier alpha value is -1.62. The largest absolute Gasteiger partial charge is 0.291 e. The highest BCUT2D eigenvalue weighted by atomic mass is 16.1. The van der Waals surface area contributed by atoms with E-state index in [2.05, 4.69) is 10.9 Å². The molecular formula is C10H9NO. The van der Waals surface area contributed by atoms with Crippen LogP contribution in [0.25, 0.3) is 0 Å². The molecule has 0 fully saturated rings. The third-order valence-electron chi connectivity index (χ3n) is 1.46. The predicted molar refractivity (Wildman–Crippen MR) is 46.8 cm³/mol. The number of Topliss-reactive ketones (excluding diaryl/α,β-unsaturated/α-hetero) is 1. The first-order valence-corrected chi connectivity index (χ1v) is 3.63. The molecule has 0 atom stereocenters. The molecule has 0 N–H and O–H groups in total. The number of hydrogen-bond acceptors (Lipinski definition) is 2. The Morgan fingerprint density at radius 2 is 2.50 bits per heavy atom. The minimum Gasteiger partial charge on any atom is -0.291 e. The van der Waals surface area contributed by atoms with E-state index in [4.69, 9.17) is 6.42 Å². The summed E-state index contributed by atoms with van der Waals surface area (Å²) >= 11 is 0. The van der Waals surface area contributed by atoms with Gasteiger partial charge in [-0.3, -0.25) is 9.78 Å². The van der Waals surface area contributed by atoms with Crippen molar-refractivity contribution < 1.29 is 4.79 Å². The zero-order valence-electron chi connectivity index (χ0n) is 6.87. The Morgan fingerprint density at radius 1 is 1.75 bits per heavy atom. The first kappa shape index (κ1) is 8.48. The topological polar surface area (TPSA) is 30.0 Å². The molecule has 0 radical (unpaired) electrons. The van der Waals surface area contributed by atoms with Gasteiger partial charge in [-0.15, -0.1) is 6.42 Å². The summed E-state index contributed by atoms with van der Waals surface area (Å²) in [4.78, 5) is 15.1. The average Bonchev–Trinajstić information content (AvgIpc) is 2.05. The maximum atomic E-state index is 11.2. The fourth-order valence-corrected chi connectivity index (χ4v) is 0.872. The Labute approximate surface area is 71.6 Å². The highest BCUT2D eigenvalue weighted by Gasteiger charge is 2.04. The van der Waals surface area contributed by atoms with Crippen molar-refractivity contribution in [2.45, 2.75) is 13.3 Å². The second kappa shape index (κ2) is 3.68. The van der Waals surface area contributed by atoms with E-state index in [-0.39, 0.29) is 12.2 Å². The Balaban J connectivity index is 2.90. The number of ketones is 1. The van der Waals surface area contributed by atoms with Crippen LogP contribution in [-0.2, 0) is 0 Å². The summed E-state index contributed by atoms with van der Waals surface area (Å²) in [5.74, 6) is 2.20. The molecule has 12 heavy (non-hydrogen) atoms. The van der Waals surface area contributed by atoms with Crippen LogP contribution in [0.15, 0.2) is 18.3 Å². The lowest BCUT2D eigenvalue weighted by molar-refractivity contribution is 0.0993. The molecule has 0 saturated carbocycles. The van der Waals surface area contributed by atoms with Crippen LogP contribution < -0.4 is 0 Å². The van der Waals surface area contributed by atoms with Crippen LogP contribution in [0.2, 0.25) is 0 Å². The molecule has 0 aromatic carbocycles.